The van der Waals surface area contributed by atoms with E-state index in [-0.39, 0.29) is 0 Å². The summed E-state index contributed by atoms with van der Waals surface area (Å²) in [5.41, 5.74) is -0.510. The zero-order chi connectivity index (χ0) is 10.6. The molecule has 1 aliphatic heterocycles. The van der Waals surface area contributed by atoms with Crippen LogP contribution in [-0.4, -0.2) is 41.0 Å². The van der Waals surface area contributed by atoms with Crippen LogP contribution in [-0.2, 0) is 4.79 Å². The second-order valence-corrected chi connectivity index (χ2v) is 4.56. The predicted molar refractivity (Wildman–Crippen MR) is 56.2 cm³/mol. The second-order valence-electron chi connectivity index (χ2n) is 4.56. The summed E-state index contributed by atoms with van der Waals surface area (Å²) >= 11 is 0. The molecule has 0 spiro atoms. The van der Waals surface area contributed by atoms with Gasteiger partial charge in [0.05, 0.1) is 12.1 Å². The van der Waals surface area contributed by atoms with E-state index in [4.69, 9.17) is 0 Å². The van der Waals surface area contributed by atoms with Crippen molar-refractivity contribution in [2.75, 3.05) is 19.6 Å². The Bertz CT molecular complexity index is 191. The summed E-state index contributed by atoms with van der Waals surface area (Å²) in [6.07, 6.45) is 3.19. The van der Waals surface area contributed by atoms with Crippen LogP contribution in [0.2, 0.25) is 0 Å². The summed E-state index contributed by atoms with van der Waals surface area (Å²) in [6, 6.07) is 0. The molecule has 0 unspecified atom stereocenters. The fourth-order valence-electron chi connectivity index (χ4n) is 1.80. The first kappa shape index (κ1) is 11.7. The van der Waals surface area contributed by atoms with E-state index in [0.717, 1.165) is 32.4 Å². The normalized spacial score (nSPS) is 22.2. The summed E-state index contributed by atoms with van der Waals surface area (Å²) in [5.74, 6) is 0.328. The minimum Gasteiger partial charge on any atom is -0.390 e. The molecule has 0 aromatic carbocycles. The standard InChI is InChI=1S/C11H21NO2/c1-3-4-10(13)9-12-7-5-11(2,14)6-8-12/h14H,3-9H2,1-2H3. The lowest BCUT2D eigenvalue weighted by Crippen LogP contribution is -2.44. The van der Waals surface area contributed by atoms with Gasteiger partial charge in [-0.1, -0.05) is 6.92 Å². The molecule has 14 heavy (non-hydrogen) atoms. The summed E-state index contributed by atoms with van der Waals surface area (Å²) in [5, 5.41) is 9.72. The Morgan fingerprint density at radius 2 is 2.00 bits per heavy atom. The Kier molecular flexibility index (Phi) is 4.08. The molecule has 0 amide bonds. The van der Waals surface area contributed by atoms with Crippen molar-refractivity contribution in [2.24, 2.45) is 0 Å². The first-order chi connectivity index (χ1) is 6.53. The Morgan fingerprint density at radius 3 is 2.50 bits per heavy atom. The molecule has 1 rings (SSSR count). The summed E-state index contributed by atoms with van der Waals surface area (Å²) in [4.78, 5) is 13.5. The van der Waals surface area contributed by atoms with Crippen molar-refractivity contribution in [3.8, 4) is 0 Å². The predicted octanol–water partition coefficient (Wildman–Crippen LogP) is 1.20. The number of nitrogens with zero attached hydrogens (tertiary/aromatic N) is 1. The maximum atomic E-state index is 11.4. The molecular weight excluding hydrogens is 178 g/mol. The van der Waals surface area contributed by atoms with Gasteiger partial charge < -0.3 is 5.11 Å². The highest BCUT2D eigenvalue weighted by Gasteiger charge is 2.27. The molecule has 0 saturated carbocycles. The maximum Gasteiger partial charge on any atom is 0.146 e. The molecule has 0 atom stereocenters. The molecule has 1 aliphatic rings. The summed E-state index contributed by atoms with van der Waals surface area (Å²) in [7, 11) is 0. The van der Waals surface area contributed by atoms with Crippen molar-refractivity contribution < 1.29 is 9.90 Å². The molecular formula is C11H21NO2. The molecule has 0 aromatic rings. The van der Waals surface area contributed by atoms with Gasteiger partial charge in [0.2, 0.25) is 0 Å². The van der Waals surface area contributed by atoms with E-state index in [1.807, 2.05) is 13.8 Å². The van der Waals surface area contributed by atoms with Gasteiger partial charge in [-0.3, -0.25) is 9.69 Å². The monoisotopic (exact) mass is 199 g/mol. The first-order valence-corrected chi connectivity index (χ1v) is 5.50. The van der Waals surface area contributed by atoms with Crippen LogP contribution in [0.1, 0.15) is 39.5 Å². The first-order valence-electron chi connectivity index (χ1n) is 5.50. The van der Waals surface area contributed by atoms with Crippen molar-refractivity contribution >= 4 is 5.78 Å². The number of aliphatic hydroxyl groups is 1. The fraction of sp³-hybridized carbons (Fsp3) is 0.909. The molecule has 0 bridgehead atoms. The van der Waals surface area contributed by atoms with E-state index >= 15 is 0 Å². The maximum absolute atomic E-state index is 11.4. The third kappa shape index (κ3) is 3.76. The molecule has 3 nitrogen and oxygen atoms in total. The molecule has 82 valence electrons. The second kappa shape index (κ2) is 4.89. The van der Waals surface area contributed by atoms with Crippen molar-refractivity contribution in [1.82, 2.24) is 4.90 Å². The fourth-order valence-corrected chi connectivity index (χ4v) is 1.80. The van der Waals surface area contributed by atoms with Crippen molar-refractivity contribution in [2.45, 2.75) is 45.1 Å². The minimum absolute atomic E-state index is 0.328. The molecule has 1 saturated heterocycles. The smallest absolute Gasteiger partial charge is 0.146 e. The Balaban J connectivity index is 2.25. The summed E-state index contributed by atoms with van der Waals surface area (Å²) < 4.78 is 0. The van der Waals surface area contributed by atoms with Crippen LogP contribution in [0.4, 0.5) is 0 Å². The lowest BCUT2D eigenvalue weighted by Gasteiger charge is -2.35. The Labute approximate surface area is 86.1 Å². The SMILES string of the molecule is CCCC(=O)CN1CCC(C)(O)CC1. The number of piperidine rings is 1. The average molecular weight is 199 g/mol. The van der Waals surface area contributed by atoms with Gasteiger partial charge >= 0.3 is 0 Å². The third-order valence-corrected chi connectivity index (χ3v) is 2.86. The van der Waals surface area contributed by atoms with E-state index in [2.05, 4.69) is 4.90 Å². The van der Waals surface area contributed by atoms with Crippen LogP contribution >= 0.6 is 0 Å². The van der Waals surface area contributed by atoms with Gasteiger partial charge in [0.25, 0.3) is 0 Å². The van der Waals surface area contributed by atoms with Gasteiger partial charge in [-0.2, -0.15) is 0 Å². The van der Waals surface area contributed by atoms with Crippen molar-refractivity contribution in [3.63, 3.8) is 0 Å². The number of hydrogen-bond acceptors (Lipinski definition) is 3. The molecule has 1 N–H and O–H groups in total. The Hall–Kier alpha value is -0.410. The number of carbonyl (C=O) groups excluding carboxylic acids is 1. The number of carbonyl (C=O) groups is 1. The number of rotatable bonds is 4. The van der Waals surface area contributed by atoms with Crippen LogP contribution in [0.5, 0.6) is 0 Å². The van der Waals surface area contributed by atoms with E-state index in [9.17, 15) is 9.90 Å². The third-order valence-electron chi connectivity index (χ3n) is 2.86. The quantitative estimate of drug-likeness (QED) is 0.739. The Morgan fingerprint density at radius 1 is 1.43 bits per heavy atom. The number of ketones is 1. The molecule has 0 aliphatic carbocycles. The molecule has 0 aromatic heterocycles. The molecule has 0 radical (unpaired) electrons. The van der Waals surface area contributed by atoms with Crippen LogP contribution in [0.25, 0.3) is 0 Å². The topological polar surface area (TPSA) is 40.5 Å². The zero-order valence-electron chi connectivity index (χ0n) is 9.25. The highest BCUT2D eigenvalue weighted by atomic mass is 16.3. The lowest BCUT2D eigenvalue weighted by molar-refractivity contribution is -0.121. The highest BCUT2D eigenvalue weighted by molar-refractivity contribution is 5.80. The van der Waals surface area contributed by atoms with Gasteiger partial charge in [-0.15, -0.1) is 0 Å². The van der Waals surface area contributed by atoms with Crippen LogP contribution < -0.4 is 0 Å². The molecule has 1 fully saturated rings. The number of Topliss-reactive ketones (excluding diaryl/α,β-unsaturated/α-hetero) is 1. The molecule has 3 heteroatoms. The average Bonchev–Trinajstić information content (AvgIpc) is 2.09. The van der Waals surface area contributed by atoms with Crippen LogP contribution in [0.3, 0.4) is 0 Å². The van der Waals surface area contributed by atoms with E-state index in [1.54, 1.807) is 0 Å². The van der Waals surface area contributed by atoms with Crippen molar-refractivity contribution in [1.29, 1.82) is 0 Å². The van der Waals surface area contributed by atoms with Gasteiger partial charge in [0, 0.05) is 19.5 Å². The molecule has 1 heterocycles. The van der Waals surface area contributed by atoms with Crippen molar-refractivity contribution in [3.05, 3.63) is 0 Å². The van der Waals surface area contributed by atoms with Gasteiger partial charge in [-0.25, -0.2) is 0 Å². The van der Waals surface area contributed by atoms with Gasteiger partial charge in [-0.05, 0) is 26.2 Å². The zero-order valence-corrected chi connectivity index (χ0v) is 9.25. The van der Waals surface area contributed by atoms with E-state index < -0.39 is 5.60 Å². The number of likely N-dealkylation sites (tertiary alicyclic amines) is 1. The summed E-state index contributed by atoms with van der Waals surface area (Å²) in [6.45, 7) is 6.17. The number of hydrogen-bond donors (Lipinski definition) is 1. The minimum atomic E-state index is -0.510. The van der Waals surface area contributed by atoms with Crippen LogP contribution in [0.15, 0.2) is 0 Å². The lowest BCUT2D eigenvalue weighted by atomic mass is 9.94. The van der Waals surface area contributed by atoms with Gasteiger partial charge in [0.1, 0.15) is 5.78 Å². The van der Waals surface area contributed by atoms with E-state index in [1.165, 1.54) is 0 Å². The largest absolute Gasteiger partial charge is 0.390 e. The highest BCUT2D eigenvalue weighted by Crippen LogP contribution is 2.20. The van der Waals surface area contributed by atoms with Crippen LogP contribution in [0, 0.1) is 0 Å². The van der Waals surface area contributed by atoms with E-state index in [0.29, 0.717) is 18.7 Å². The van der Waals surface area contributed by atoms with Gasteiger partial charge in [0.15, 0.2) is 0 Å².